The van der Waals surface area contributed by atoms with E-state index in [9.17, 15) is 4.79 Å². The quantitative estimate of drug-likeness (QED) is 0.307. The molecule has 29 heavy (non-hydrogen) atoms. The maximum absolute atomic E-state index is 12.2. The molecule has 0 aliphatic heterocycles. The Balaban J connectivity index is 2.04. The van der Waals surface area contributed by atoms with Crippen molar-refractivity contribution in [3.05, 3.63) is 101 Å². The minimum atomic E-state index is 0.636. The Labute approximate surface area is 173 Å². The Hall–Kier alpha value is -3.17. The molecule has 0 aliphatic carbocycles. The van der Waals surface area contributed by atoms with E-state index in [0.717, 1.165) is 46.4 Å². The topological polar surface area (TPSA) is 29.5 Å². The van der Waals surface area contributed by atoms with E-state index >= 15 is 0 Å². The van der Waals surface area contributed by atoms with Gasteiger partial charge in [-0.2, -0.15) is 0 Å². The van der Waals surface area contributed by atoms with Crippen LogP contribution in [0, 0.1) is 6.92 Å². The highest BCUT2D eigenvalue weighted by Crippen LogP contribution is 2.32. The van der Waals surface area contributed by atoms with Gasteiger partial charge in [0.15, 0.2) is 6.29 Å². The van der Waals surface area contributed by atoms with Crippen molar-refractivity contribution in [1.29, 1.82) is 0 Å². The summed E-state index contributed by atoms with van der Waals surface area (Å²) in [5.41, 5.74) is 5.65. The molecule has 3 aromatic carbocycles. The van der Waals surface area contributed by atoms with Crippen LogP contribution in [-0.2, 0) is 4.79 Å². The molecule has 0 aromatic heterocycles. The lowest BCUT2D eigenvalue weighted by atomic mass is 9.89. The van der Waals surface area contributed by atoms with Gasteiger partial charge in [0.05, 0.1) is 0 Å². The average Bonchev–Trinajstić information content (AvgIpc) is 2.73. The van der Waals surface area contributed by atoms with Crippen molar-refractivity contribution in [3.63, 3.8) is 0 Å². The van der Waals surface area contributed by atoms with Gasteiger partial charge in [0.25, 0.3) is 0 Å². The molecule has 3 rings (SSSR count). The number of nitrogens with zero attached hydrogens (tertiary/aromatic N) is 1. The first kappa shape index (κ1) is 20.6. The van der Waals surface area contributed by atoms with Crippen LogP contribution >= 0.6 is 0 Å². The van der Waals surface area contributed by atoms with E-state index in [4.69, 9.17) is 4.74 Å². The smallest absolute Gasteiger partial charge is 0.151 e. The standard InChI is InChI=1S/C26H27NO2/c1-20-8-7-11-23(18-20)25(19-28)26(21-9-5-4-6-10-21)22-12-14-24(15-13-22)29-17-16-27(2)3/h4-15,18-19H,16-17H2,1-3H3/b26-25-. The van der Waals surface area contributed by atoms with Crippen LogP contribution in [0.5, 0.6) is 5.75 Å². The van der Waals surface area contributed by atoms with Crippen molar-refractivity contribution in [2.45, 2.75) is 6.92 Å². The number of likely N-dealkylation sites (N-methyl/N-ethyl adjacent to an activating group) is 1. The molecule has 0 atom stereocenters. The zero-order chi connectivity index (χ0) is 20.6. The van der Waals surface area contributed by atoms with Crippen LogP contribution in [0.2, 0.25) is 0 Å². The average molecular weight is 386 g/mol. The van der Waals surface area contributed by atoms with Crippen molar-refractivity contribution < 1.29 is 9.53 Å². The highest BCUT2D eigenvalue weighted by Gasteiger charge is 2.14. The molecule has 3 aromatic rings. The van der Waals surface area contributed by atoms with Gasteiger partial charge >= 0.3 is 0 Å². The molecule has 3 nitrogen and oxygen atoms in total. The summed E-state index contributed by atoms with van der Waals surface area (Å²) in [5, 5.41) is 0. The van der Waals surface area contributed by atoms with E-state index in [1.807, 2.05) is 99.9 Å². The lowest BCUT2D eigenvalue weighted by molar-refractivity contribution is -0.103. The largest absolute Gasteiger partial charge is 0.492 e. The van der Waals surface area contributed by atoms with Crippen LogP contribution in [0.25, 0.3) is 11.1 Å². The van der Waals surface area contributed by atoms with E-state index in [1.54, 1.807) is 0 Å². The fourth-order valence-electron chi connectivity index (χ4n) is 3.23. The summed E-state index contributed by atoms with van der Waals surface area (Å²) in [6.45, 7) is 3.53. The Morgan fingerprint density at radius 3 is 2.14 bits per heavy atom. The zero-order valence-corrected chi connectivity index (χ0v) is 17.3. The Morgan fingerprint density at radius 2 is 1.52 bits per heavy atom. The molecule has 0 N–H and O–H groups in total. The van der Waals surface area contributed by atoms with Crippen LogP contribution in [0.1, 0.15) is 22.3 Å². The van der Waals surface area contributed by atoms with Crippen molar-refractivity contribution in [1.82, 2.24) is 4.90 Å². The highest BCUT2D eigenvalue weighted by molar-refractivity contribution is 6.20. The number of carbonyl (C=O) groups excluding carboxylic acids is 1. The third-order valence-electron chi connectivity index (χ3n) is 4.73. The van der Waals surface area contributed by atoms with Gasteiger partial charge in [0.2, 0.25) is 0 Å². The third kappa shape index (κ3) is 5.43. The van der Waals surface area contributed by atoms with Gasteiger partial charge < -0.3 is 9.64 Å². The molecule has 0 unspecified atom stereocenters. The lowest BCUT2D eigenvalue weighted by Gasteiger charge is -2.15. The number of aryl methyl sites for hydroxylation is 1. The number of ether oxygens (including phenoxy) is 1. The SMILES string of the molecule is Cc1cccc(/C(C=O)=C(/c2ccccc2)c2ccc(OCCN(C)C)cc2)c1. The number of allylic oxidation sites excluding steroid dienone is 1. The van der Waals surface area contributed by atoms with Crippen molar-refractivity contribution in [2.24, 2.45) is 0 Å². The summed E-state index contributed by atoms with van der Waals surface area (Å²) in [7, 11) is 4.05. The minimum absolute atomic E-state index is 0.636. The molecule has 0 saturated heterocycles. The number of carbonyl (C=O) groups is 1. The van der Waals surface area contributed by atoms with Gasteiger partial charge in [-0.05, 0) is 55.4 Å². The van der Waals surface area contributed by atoms with Crippen LogP contribution in [-0.4, -0.2) is 38.4 Å². The summed E-state index contributed by atoms with van der Waals surface area (Å²) in [6.07, 6.45) is 0.957. The molecular weight excluding hydrogens is 358 g/mol. The summed E-state index contributed by atoms with van der Waals surface area (Å²) in [5.74, 6) is 0.825. The molecule has 0 aliphatic rings. The van der Waals surface area contributed by atoms with Gasteiger partial charge in [0, 0.05) is 12.1 Å². The number of benzene rings is 3. The molecule has 0 radical (unpaired) electrons. The minimum Gasteiger partial charge on any atom is -0.492 e. The fraction of sp³-hybridized carbons (Fsp3) is 0.192. The first-order valence-corrected chi connectivity index (χ1v) is 9.78. The molecule has 148 valence electrons. The molecule has 0 fully saturated rings. The second-order valence-corrected chi connectivity index (χ2v) is 7.32. The van der Waals surface area contributed by atoms with Gasteiger partial charge in [-0.3, -0.25) is 4.79 Å². The van der Waals surface area contributed by atoms with Crippen molar-refractivity contribution in [3.8, 4) is 5.75 Å². The monoisotopic (exact) mass is 385 g/mol. The predicted molar refractivity (Wildman–Crippen MR) is 120 cm³/mol. The Morgan fingerprint density at radius 1 is 0.862 bits per heavy atom. The second kappa shape index (κ2) is 9.85. The van der Waals surface area contributed by atoms with Gasteiger partial charge in [-0.1, -0.05) is 72.3 Å². The van der Waals surface area contributed by atoms with E-state index in [2.05, 4.69) is 4.90 Å². The highest BCUT2D eigenvalue weighted by atomic mass is 16.5. The molecule has 3 heteroatoms. The number of rotatable bonds is 8. The summed E-state index contributed by atoms with van der Waals surface area (Å²) in [4.78, 5) is 14.3. The molecule has 0 bridgehead atoms. The van der Waals surface area contributed by atoms with Gasteiger partial charge in [-0.25, -0.2) is 0 Å². The van der Waals surface area contributed by atoms with Crippen molar-refractivity contribution >= 4 is 17.4 Å². The zero-order valence-electron chi connectivity index (χ0n) is 17.3. The molecule has 0 amide bonds. The first-order chi connectivity index (χ1) is 14.1. The van der Waals surface area contributed by atoms with Crippen LogP contribution < -0.4 is 4.74 Å². The second-order valence-electron chi connectivity index (χ2n) is 7.32. The molecule has 0 saturated carbocycles. The first-order valence-electron chi connectivity index (χ1n) is 9.78. The summed E-state index contributed by atoms with van der Waals surface area (Å²) < 4.78 is 5.82. The molecule has 0 spiro atoms. The third-order valence-corrected chi connectivity index (χ3v) is 4.73. The van der Waals surface area contributed by atoms with Crippen LogP contribution in [0.3, 0.4) is 0 Å². The lowest BCUT2D eigenvalue weighted by Crippen LogP contribution is -2.19. The van der Waals surface area contributed by atoms with E-state index in [0.29, 0.717) is 12.2 Å². The number of hydrogen-bond donors (Lipinski definition) is 0. The van der Waals surface area contributed by atoms with Crippen LogP contribution in [0.15, 0.2) is 78.9 Å². The summed E-state index contributed by atoms with van der Waals surface area (Å²) >= 11 is 0. The maximum Gasteiger partial charge on any atom is 0.151 e. The normalized spacial score (nSPS) is 11.9. The number of hydrogen-bond acceptors (Lipinski definition) is 3. The van der Waals surface area contributed by atoms with Gasteiger partial charge in [0.1, 0.15) is 12.4 Å². The molecule has 0 heterocycles. The number of aldehydes is 1. The van der Waals surface area contributed by atoms with E-state index in [-0.39, 0.29) is 0 Å². The maximum atomic E-state index is 12.2. The summed E-state index contributed by atoms with van der Waals surface area (Å²) in [6, 6.07) is 26.1. The van der Waals surface area contributed by atoms with E-state index in [1.165, 1.54) is 0 Å². The molecular formula is C26H27NO2. The van der Waals surface area contributed by atoms with Crippen LogP contribution in [0.4, 0.5) is 0 Å². The Bertz CT molecular complexity index is 973. The van der Waals surface area contributed by atoms with E-state index < -0.39 is 0 Å². The van der Waals surface area contributed by atoms with Crippen molar-refractivity contribution in [2.75, 3.05) is 27.2 Å². The van der Waals surface area contributed by atoms with Gasteiger partial charge in [-0.15, -0.1) is 0 Å². The fourth-order valence-corrected chi connectivity index (χ4v) is 3.23. The predicted octanol–water partition coefficient (Wildman–Crippen LogP) is 5.09. The Kier molecular flexibility index (Phi) is 6.99.